The molecule has 0 amide bonds. The Hall–Kier alpha value is -2.56. The van der Waals surface area contributed by atoms with Crippen molar-refractivity contribution in [2.24, 2.45) is 0 Å². The minimum atomic E-state index is 0. The van der Waals surface area contributed by atoms with Gasteiger partial charge >= 0.3 is 0 Å². The van der Waals surface area contributed by atoms with E-state index in [1.54, 1.807) is 19.4 Å². The maximum atomic E-state index is 9.94. The first-order chi connectivity index (χ1) is 11.7. The molecule has 4 nitrogen and oxygen atoms in total. The highest BCUT2D eigenvalue weighted by molar-refractivity contribution is 5.88. The molecule has 4 aromatic rings. The second-order valence-corrected chi connectivity index (χ2v) is 5.76. The van der Waals surface area contributed by atoms with E-state index in [4.69, 9.17) is 4.74 Å². The van der Waals surface area contributed by atoms with Gasteiger partial charge in [0.05, 0.1) is 12.6 Å². The van der Waals surface area contributed by atoms with Gasteiger partial charge in [0, 0.05) is 35.8 Å². The van der Waals surface area contributed by atoms with Crippen LogP contribution in [0.4, 0.5) is 0 Å². The van der Waals surface area contributed by atoms with E-state index in [0.717, 1.165) is 39.2 Å². The van der Waals surface area contributed by atoms with Gasteiger partial charge in [-0.15, -0.1) is 24.8 Å². The Labute approximate surface area is 163 Å². The fourth-order valence-electron chi connectivity index (χ4n) is 2.98. The molecule has 134 valence electrons. The van der Waals surface area contributed by atoms with Crippen LogP contribution in [-0.2, 0) is 6.42 Å². The van der Waals surface area contributed by atoms with Gasteiger partial charge in [0.25, 0.3) is 0 Å². The smallest absolute Gasteiger partial charge is 0.161 e. The lowest BCUT2D eigenvalue weighted by Gasteiger charge is -2.10. The van der Waals surface area contributed by atoms with E-state index < -0.39 is 0 Å². The second kappa shape index (κ2) is 8.21. The van der Waals surface area contributed by atoms with Gasteiger partial charge in [-0.25, -0.2) is 0 Å². The number of fused-ring (bicyclic) bond motifs is 2. The van der Waals surface area contributed by atoms with Crippen molar-refractivity contribution in [2.45, 2.75) is 6.42 Å². The first-order valence-electron chi connectivity index (χ1n) is 7.72. The lowest BCUT2D eigenvalue weighted by atomic mass is 10.0. The van der Waals surface area contributed by atoms with Crippen molar-refractivity contribution in [3.05, 3.63) is 72.2 Å². The van der Waals surface area contributed by atoms with Gasteiger partial charge in [-0.1, -0.05) is 18.2 Å². The van der Waals surface area contributed by atoms with Crippen LogP contribution in [0.5, 0.6) is 11.5 Å². The molecule has 1 N–H and O–H groups in total. The van der Waals surface area contributed by atoms with Crippen LogP contribution in [0, 0.1) is 0 Å². The lowest BCUT2D eigenvalue weighted by Crippen LogP contribution is -1.94. The molecule has 26 heavy (non-hydrogen) atoms. The molecule has 0 saturated heterocycles. The van der Waals surface area contributed by atoms with Crippen molar-refractivity contribution in [1.82, 2.24) is 9.97 Å². The maximum absolute atomic E-state index is 9.94. The number of rotatable bonds is 3. The van der Waals surface area contributed by atoms with Gasteiger partial charge in [0.1, 0.15) is 0 Å². The predicted octanol–water partition coefficient (Wildman–Crippen LogP) is 4.93. The zero-order valence-electron chi connectivity index (χ0n) is 14.0. The van der Waals surface area contributed by atoms with Crippen LogP contribution in [0.15, 0.2) is 61.1 Å². The summed E-state index contributed by atoms with van der Waals surface area (Å²) in [7, 11) is 1.55. The lowest BCUT2D eigenvalue weighted by molar-refractivity contribution is 0.374. The molecule has 2 aromatic heterocycles. The van der Waals surface area contributed by atoms with Gasteiger partial charge in [0.2, 0.25) is 0 Å². The molecular weight excluding hydrogens is 371 g/mol. The van der Waals surface area contributed by atoms with Crippen LogP contribution in [-0.4, -0.2) is 22.2 Å². The zero-order valence-corrected chi connectivity index (χ0v) is 15.7. The van der Waals surface area contributed by atoms with E-state index in [1.165, 1.54) is 0 Å². The second-order valence-electron chi connectivity index (χ2n) is 5.76. The summed E-state index contributed by atoms with van der Waals surface area (Å²) in [6, 6.07) is 13.8. The van der Waals surface area contributed by atoms with Crippen molar-refractivity contribution in [1.29, 1.82) is 0 Å². The zero-order chi connectivity index (χ0) is 16.5. The molecule has 0 atom stereocenters. The molecule has 2 aromatic carbocycles. The fourth-order valence-corrected chi connectivity index (χ4v) is 2.98. The third-order valence-electron chi connectivity index (χ3n) is 4.18. The largest absolute Gasteiger partial charge is 0.504 e. The normalized spacial score (nSPS) is 10.2. The van der Waals surface area contributed by atoms with E-state index in [-0.39, 0.29) is 30.6 Å². The average Bonchev–Trinajstić information content (AvgIpc) is 2.61. The monoisotopic (exact) mass is 388 g/mol. The summed E-state index contributed by atoms with van der Waals surface area (Å²) in [5.74, 6) is 0.586. The number of hydrogen-bond acceptors (Lipinski definition) is 4. The van der Waals surface area contributed by atoms with Gasteiger partial charge in [-0.3, -0.25) is 9.97 Å². The summed E-state index contributed by atoms with van der Waals surface area (Å²) < 4.78 is 5.23. The van der Waals surface area contributed by atoms with Crippen molar-refractivity contribution in [2.75, 3.05) is 7.11 Å². The average molecular weight is 389 g/mol. The molecule has 0 unspecified atom stereocenters. The Morgan fingerprint density at radius 2 is 1.77 bits per heavy atom. The number of benzene rings is 2. The van der Waals surface area contributed by atoms with Crippen LogP contribution >= 0.6 is 24.8 Å². The highest BCUT2D eigenvalue weighted by Gasteiger charge is 2.09. The number of aromatic nitrogens is 2. The minimum absolute atomic E-state index is 0. The van der Waals surface area contributed by atoms with Crippen LogP contribution < -0.4 is 4.74 Å². The fraction of sp³-hybridized carbons (Fsp3) is 0.100. The quantitative estimate of drug-likeness (QED) is 0.540. The van der Waals surface area contributed by atoms with E-state index in [9.17, 15) is 5.11 Å². The molecule has 0 fully saturated rings. The van der Waals surface area contributed by atoms with E-state index in [1.807, 2.05) is 36.7 Å². The Morgan fingerprint density at radius 3 is 2.58 bits per heavy atom. The van der Waals surface area contributed by atoms with Gasteiger partial charge < -0.3 is 9.84 Å². The molecule has 0 aliphatic carbocycles. The number of aromatic hydroxyl groups is 1. The topological polar surface area (TPSA) is 55.2 Å². The molecule has 0 saturated carbocycles. The third-order valence-corrected chi connectivity index (χ3v) is 4.18. The van der Waals surface area contributed by atoms with Crippen LogP contribution in [0.3, 0.4) is 0 Å². The van der Waals surface area contributed by atoms with Crippen molar-refractivity contribution < 1.29 is 9.84 Å². The van der Waals surface area contributed by atoms with Crippen LogP contribution in [0.2, 0.25) is 0 Å². The first-order valence-corrected chi connectivity index (χ1v) is 7.72. The summed E-state index contributed by atoms with van der Waals surface area (Å²) in [4.78, 5) is 8.82. The standard InChI is InChI=1S/C20H16N2O2.2ClH/c1-24-20-9-17-15(11-21-12-16(17)8-19(20)23)7-13-6-14-4-2-3-5-18(14)22-10-13;;/h2-6,8-12,23H,7H2,1H3;2*1H. The number of pyridine rings is 2. The van der Waals surface area contributed by atoms with Crippen molar-refractivity contribution in [3.63, 3.8) is 0 Å². The van der Waals surface area contributed by atoms with Crippen LogP contribution in [0.1, 0.15) is 11.1 Å². The number of ether oxygens (including phenoxy) is 1. The highest BCUT2D eigenvalue weighted by atomic mass is 35.5. The van der Waals surface area contributed by atoms with E-state index in [0.29, 0.717) is 5.75 Å². The minimum Gasteiger partial charge on any atom is -0.504 e. The highest BCUT2D eigenvalue weighted by Crippen LogP contribution is 2.33. The summed E-state index contributed by atoms with van der Waals surface area (Å²) in [5, 5.41) is 13.0. The number of nitrogens with zero attached hydrogens (tertiary/aromatic N) is 2. The van der Waals surface area contributed by atoms with E-state index >= 15 is 0 Å². The molecule has 6 heteroatoms. The number of methoxy groups -OCH3 is 1. The Bertz CT molecular complexity index is 1050. The summed E-state index contributed by atoms with van der Waals surface area (Å²) in [6.07, 6.45) is 6.22. The van der Waals surface area contributed by atoms with Gasteiger partial charge in [0.15, 0.2) is 11.5 Å². The molecular formula is C20H18Cl2N2O2. The molecule has 4 rings (SSSR count). The van der Waals surface area contributed by atoms with E-state index in [2.05, 4.69) is 22.1 Å². The molecule has 0 bridgehead atoms. The summed E-state index contributed by atoms with van der Waals surface area (Å²) in [5.41, 5.74) is 3.18. The maximum Gasteiger partial charge on any atom is 0.161 e. The molecule has 0 spiro atoms. The van der Waals surface area contributed by atoms with Crippen LogP contribution in [0.25, 0.3) is 21.7 Å². The number of halogens is 2. The third kappa shape index (κ3) is 3.66. The molecule has 0 aliphatic rings. The van der Waals surface area contributed by atoms with Gasteiger partial charge in [-0.2, -0.15) is 0 Å². The number of hydrogen-bond donors (Lipinski definition) is 1. The first kappa shape index (κ1) is 19.8. The molecule has 0 radical (unpaired) electrons. The number of phenols is 1. The van der Waals surface area contributed by atoms with Crippen molar-refractivity contribution in [3.8, 4) is 11.5 Å². The van der Waals surface area contributed by atoms with Gasteiger partial charge in [-0.05, 0) is 40.8 Å². The predicted molar refractivity (Wildman–Crippen MR) is 109 cm³/mol. The Morgan fingerprint density at radius 1 is 0.962 bits per heavy atom. The number of para-hydroxylation sites is 1. The summed E-state index contributed by atoms with van der Waals surface area (Å²) >= 11 is 0. The summed E-state index contributed by atoms with van der Waals surface area (Å²) in [6.45, 7) is 0. The SMILES string of the molecule is COc1cc2c(Cc3cnc4ccccc4c3)cncc2cc1O.Cl.Cl. The Kier molecular flexibility index (Phi) is 6.24. The number of phenolic OH excluding ortho intramolecular Hbond substituents is 1. The molecule has 0 aliphatic heterocycles. The van der Waals surface area contributed by atoms with Crippen molar-refractivity contribution >= 4 is 46.5 Å². The molecule has 2 heterocycles. The Balaban J connectivity index is 0.00000121.